The lowest BCUT2D eigenvalue weighted by molar-refractivity contribution is 0.144. The number of likely N-dealkylation sites (N-methyl/N-ethyl adjacent to an activating group) is 1. The van der Waals surface area contributed by atoms with Crippen molar-refractivity contribution < 1.29 is 0 Å². The first-order valence-corrected chi connectivity index (χ1v) is 5.85. The zero-order valence-electron chi connectivity index (χ0n) is 10.4. The van der Waals surface area contributed by atoms with Gasteiger partial charge in [-0.05, 0) is 26.8 Å². The lowest BCUT2D eigenvalue weighted by Gasteiger charge is -2.33. The molecule has 1 heterocycles. The minimum atomic E-state index is 0.407. The summed E-state index contributed by atoms with van der Waals surface area (Å²) >= 11 is 0. The van der Waals surface area contributed by atoms with Crippen molar-refractivity contribution in [3.05, 3.63) is 0 Å². The molecule has 1 aliphatic heterocycles. The Kier molecular flexibility index (Phi) is 4.56. The Morgan fingerprint density at radius 3 is 2.53 bits per heavy atom. The molecule has 0 saturated carbocycles. The molecular weight excluding hydrogens is 186 g/mol. The van der Waals surface area contributed by atoms with Crippen LogP contribution < -0.4 is 0 Å². The van der Waals surface area contributed by atoms with Gasteiger partial charge in [-0.15, -0.1) is 0 Å². The highest BCUT2D eigenvalue weighted by molar-refractivity contribution is 4.89. The Morgan fingerprint density at radius 2 is 2.00 bits per heavy atom. The van der Waals surface area contributed by atoms with Crippen LogP contribution in [0, 0.1) is 17.2 Å². The summed E-state index contributed by atoms with van der Waals surface area (Å²) in [6.07, 6.45) is 0.648. The topological polar surface area (TPSA) is 30.3 Å². The van der Waals surface area contributed by atoms with Crippen LogP contribution in [0.3, 0.4) is 0 Å². The van der Waals surface area contributed by atoms with Gasteiger partial charge >= 0.3 is 0 Å². The summed E-state index contributed by atoms with van der Waals surface area (Å²) in [5.41, 5.74) is 0. The Morgan fingerprint density at radius 1 is 1.33 bits per heavy atom. The van der Waals surface area contributed by atoms with Crippen molar-refractivity contribution in [2.45, 2.75) is 39.3 Å². The van der Waals surface area contributed by atoms with Crippen LogP contribution in [0.25, 0.3) is 0 Å². The summed E-state index contributed by atoms with van der Waals surface area (Å²) in [6.45, 7) is 10.0. The zero-order chi connectivity index (χ0) is 11.4. The molecule has 1 saturated heterocycles. The minimum Gasteiger partial charge on any atom is -0.304 e. The third kappa shape index (κ3) is 3.48. The standard InChI is InChI=1S/C12H23N3/c1-10(2)15-8-11(3)7-14(4)9-12(15)5-6-13/h10-12H,5,7-9H2,1-4H3. The van der Waals surface area contributed by atoms with Gasteiger partial charge in [0.15, 0.2) is 0 Å². The number of nitrogens with zero attached hydrogens (tertiary/aromatic N) is 3. The summed E-state index contributed by atoms with van der Waals surface area (Å²) in [6, 6.07) is 3.26. The average Bonchev–Trinajstić information content (AvgIpc) is 2.25. The van der Waals surface area contributed by atoms with E-state index in [1.165, 1.54) is 0 Å². The Labute approximate surface area is 93.7 Å². The van der Waals surface area contributed by atoms with Crippen LogP contribution in [0.2, 0.25) is 0 Å². The first-order chi connectivity index (χ1) is 7.04. The summed E-state index contributed by atoms with van der Waals surface area (Å²) in [5, 5.41) is 8.87. The van der Waals surface area contributed by atoms with Gasteiger partial charge in [-0.2, -0.15) is 5.26 Å². The molecule has 0 aromatic heterocycles. The van der Waals surface area contributed by atoms with Gasteiger partial charge in [0, 0.05) is 31.7 Å². The molecule has 0 N–H and O–H groups in total. The van der Waals surface area contributed by atoms with E-state index in [1.54, 1.807) is 0 Å². The summed E-state index contributed by atoms with van der Waals surface area (Å²) < 4.78 is 0. The van der Waals surface area contributed by atoms with E-state index in [0.29, 0.717) is 24.4 Å². The van der Waals surface area contributed by atoms with Gasteiger partial charge in [0.1, 0.15) is 0 Å². The molecular formula is C12H23N3. The van der Waals surface area contributed by atoms with Gasteiger partial charge in [-0.1, -0.05) is 6.92 Å². The Hall–Kier alpha value is -0.590. The van der Waals surface area contributed by atoms with Crippen LogP contribution in [0.5, 0.6) is 0 Å². The second-order valence-corrected chi connectivity index (χ2v) is 5.13. The molecule has 86 valence electrons. The zero-order valence-corrected chi connectivity index (χ0v) is 10.4. The molecule has 2 unspecified atom stereocenters. The first kappa shape index (κ1) is 12.5. The predicted molar refractivity (Wildman–Crippen MR) is 62.5 cm³/mol. The van der Waals surface area contributed by atoms with E-state index >= 15 is 0 Å². The fraction of sp³-hybridized carbons (Fsp3) is 0.917. The van der Waals surface area contributed by atoms with E-state index < -0.39 is 0 Å². The highest BCUT2D eigenvalue weighted by Crippen LogP contribution is 2.17. The molecule has 0 aromatic carbocycles. The van der Waals surface area contributed by atoms with E-state index in [-0.39, 0.29) is 0 Å². The molecule has 0 radical (unpaired) electrons. The SMILES string of the molecule is CC1CN(C)CC(CC#N)N(C(C)C)C1. The lowest BCUT2D eigenvalue weighted by Crippen LogP contribution is -2.44. The van der Waals surface area contributed by atoms with E-state index in [9.17, 15) is 0 Å². The first-order valence-electron chi connectivity index (χ1n) is 5.85. The van der Waals surface area contributed by atoms with E-state index in [1.807, 2.05) is 0 Å². The van der Waals surface area contributed by atoms with Crippen molar-refractivity contribution >= 4 is 0 Å². The summed E-state index contributed by atoms with van der Waals surface area (Å²) in [5.74, 6) is 0.695. The molecule has 0 aromatic rings. The molecule has 3 heteroatoms. The van der Waals surface area contributed by atoms with Crippen molar-refractivity contribution in [3.63, 3.8) is 0 Å². The van der Waals surface area contributed by atoms with Crippen LogP contribution in [0.1, 0.15) is 27.2 Å². The fourth-order valence-corrected chi connectivity index (χ4v) is 2.56. The predicted octanol–water partition coefficient (Wildman–Crippen LogP) is 1.56. The third-order valence-corrected chi connectivity index (χ3v) is 3.13. The molecule has 15 heavy (non-hydrogen) atoms. The summed E-state index contributed by atoms with van der Waals surface area (Å²) in [4.78, 5) is 4.84. The summed E-state index contributed by atoms with van der Waals surface area (Å²) in [7, 11) is 2.16. The van der Waals surface area contributed by atoms with Crippen LogP contribution in [-0.4, -0.2) is 48.6 Å². The number of rotatable bonds is 2. The van der Waals surface area contributed by atoms with Crippen LogP contribution in [0.15, 0.2) is 0 Å². The van der Waals surface area contributed by atoms with E-state index in [0.717, 1.165) is 19.6 Å². The Balaban J connectivity index is 2.74. The second-order valence-electron chi connectivity index (χ2n) is 5.13. The van der Waals surface area contributed by atoms with Gasteiger partial charge in [-0.3, -0.25) is 4.90 Å². The van der Waals surface area contributed by atoms with Crippen molar-refractivity contribution in [3.8, 4) is 6.07 Å². The second kappa shape index (κ2) is 5.48. The molecule has 1 fully saturated rings. The van der Waals surface area contributed by atoms with Crippen molar-refractivity contribution in [1.82, 2.24) is 9.80 Å². The number of hydrogen-bond donors (Lipinski definition) is 0. The van der Waals surface area contributed by atoms with Crippen LogP contribution >= 0.6 is 0 Å². The third-order valence-electron chi connectivity index (χ3n) is 3.13. The average molecular weight is 209 g/mol. The minimum absolute atomic E-state index is 0.407. The molecule has 1 rings (SSSR count). The maximum atomic E-state index is 8.87. The molecule has 0 bridgehead atoms. The smallest absolute Gasteiger partial charge is 0.0638 e. The molecule has 1 aliphatic rings. The van der Waals surface area contributed by atoms with Crippen LogP contribution in [-0.2, 0) is 0 Å². The molecule has 0 aliphatic carbocycles. The normalized spacial score (nSPS) is 30.1. The van der Waals surface area contributed by atoms with Gasteiger partial charge in [0.25, 0.3) is 0 Å². The van der Waals surface area contributed by atoms with Gasteiger partial charge in [0.05, 0.1) is 12.5 Å². The van der Waals surface area contributed by atoms with Gasteiger partial charge in [0.2, 0.25) is 0 Å². The largest absolute Gasteiger partial charge is 0.304 e. The fourth-order valence-electron chi connectivity index (χ4n) is 2.56. The van der Waals surface area contributed by atoms with E-state index in [4.69, 9.17) is 5.26 Å². The van der Waals surface area contributed by atoms with Crippen molar-refractivity contribution in [2.75, 3.05) is 26.7 Å². The number of hydrogen-bond acceptors (Lipinski definition) is 3. The quantitative estimate of drug-likeness (QED) is 0.691. The Bertz CT molecular complexity index is 232. The monoisotopic (exact) mass is 209 g/mol. The van der Waals surface area contributed by atoms with Crippen molar-refractivity contribution in [1.29, 1.82) is 5.26 Å². The highest BCUT2D eigenvalue weighted by atomic mass is 15.2. The molecule has 3 nitrogen and oxygen atoms in total. The maximum Gasteiger partial charge on any atom is 0.0638 e. The van der Waals surface area contributed by atoms with Crippen LogP contribution in [0.4, 0.5) is 0 Å². The van der Waals surface area contributed by atoms with E-state index in [2.05, 4.69) is 43.7 Å². The molecule has 2 atom stereocenters. The van der Waals surface area contributed by atoms with Gasteiger partial charge in [-0.25, -0.2) is 0 Å². The highest BCUT2D eigenvalue weighted by Gasteiger charge is 2.27. The van der Waals surface area contributed by atoms with Gasteiger partial charge < -0.3 is 4.90 Å². The molecule has 0 amide bonds. The lowest BCUT2D eigenvalue weighted by atomic mass is 10.1. The van der Waals surface area contributed by atoms with Crippen molar-refractivity contribution in [2.24, 2.45) is 5.92 Å². The number of nitriles is 1. The maximum absolute atomic E-state index is 8.87. The molecule has 0 spiro atoms.